The van der Waals surface area contributed by atoms with E-state index in [2.05, 4.69) is 0 Å². The predicted octanol–water partition coefficient (Wildman–Crippen LogP) is 6.02. The maximum absolute atomic E-state index is 14.0. The Morgan fingerprint density at radius 1 is 0.857 bits per heavy atom. The Labute approximate surface area is 207 Å². The summed E-state index contributed by atoms with van der Waals surface area (Å²) < 4.78 is 6.00. The summed E-state index contributed by atoms with van der Waals surface area (Å²) in [6.45, 7) is 11.5. The molecule has 0 fully saturated rings. The Morgan fingerprint density at radius 3 is 1.94 bits per heavy atom. The number of aliphatic hydroxyl groups is 2. The first kappa shape index (κ1) is 26.4. The van der Waals surface area contributed by atoms with E-state index in [0.717, 1.165) is 16.7 Å². The van der Waals surface area contributed by atoms with Gasteiger partial charge in [0.15, 0.2) is 11.5 Å². The van der Waals surface area contributed by atoms with Crippen LogP contribution in [-0.2, 0) is 24.2 Å². The van der Waals surface area contributed by atoms with E-state index < -0.39 is 11.9 Å². The first-order valence-corrected chi connectivity index (χ1v) is 11.9. The van der Waals surface area contributed by atoms with Crippen LogP contribution in [0.3, 0.4) is 0 Å². The minimum atomic E-state index is -0.976. The van der Waals surface area contributed by atoms with Crippen molar-refractivity contribution >= 4 is 5.78 Å². The number of fused-ring (bicyclic) bond motifs is 1. The van der Waals surface area contributed by atoms with E-state index in [4.69, 9.17) is 4.74 Å². The molecule has 0 saturated heterocycles. The number of carbonyl (C=O) groups excluding carboxylic acids is 1. The molecule has 4 N–H and O–H groups in total. The number of ketones is 1. The van der Waals surface area contributed by atoms with Gasteiger partial charge in [-0.05, 0) is 60.8 Å². The van der Waals surface area contributed by atoms with Gasteiger partial charge in [-0.1, -0.05) is 34.9 Å². The second kappa shape index (κ2) is 10.6. The van der Waals surface area contributed by atoms with Gasteiger partial charge in [0.2, 0.25) is 5.78 Å². The highest BCUT2D eigenvalue weighted by atomic mass is 16.5. The zero-order chi connectivity index (χ0) is 26.0. The molecule has 1 atom stereocenters. The molecule has 0 radical (unpaired) electrons. The Morgan fingerprint density at radius 2 is 1.37 bits per heavy atom. The summed E-state index contributed by atoms with van der Waals surface area (Å²) in [5.74, 6) is -1.13. The molecule has 0 saturated carbocycles. The molecule has 0 aromatic heterocycles. The van der Waals surface area contributed by atoms with Crippen molar-refractivity contribution < 1.29 is 30.0 Å². The number of hydrogen-bond acceptors (Lipinski definition) is 6. The SMILES string of the molecule is CC(C)=CCC1=C(O)C2=C(CC1O)OCc1c(CC=C(C)C)c(O)c(O)c(CC=C(C)C)c1C2=O. The first-order chi connectivity index (χ1) is 16.4. The second-order valence-corrected chi connectivity index (χ2v) is 9.97. The van der Waals surface area contributed by atoms with Gasteiger partial charge in [0.25, 0.3) is 0 Å². The monoisotopic (exact) mass is 480 g/mol. The van der Waals surface area contributed by atoms with Crippen LogP contribution in [0, 0.1) is 0 Å². The molecular weight excluding hydrogens is 444 g/mol. The molecule has 0 spiro atoms. The normalized spacial score (nSPS) is 17.2. The number of Topliss-reactive ketones (excluding diaryl/α,β-unsaturated/α-hetero) is 1. The molecule has 0 amide bonds. The molecule has 0 bridgehead atoms. The molecule has 1 heterocycles. The molecule has 6 nitrogen and oxygen atoms in total. The van der Waals surface area contributed by atoms with E-state index in [0.29, 0.717) is 35.1 Å². The average Bonchev–Trinajstić information content (AvgIpc) is 2.90. The van der Waals surface area contributed by atoms with E-state index in [1.807, 2.05) is 59.8 Å². The number of carbonyl (C=O) groups is 1. The zero-order valence-corrected chi connectivity index (χ0v) is 21.5. The lowest BCUT2D eigenvalue weighted by Crippen LogP contribution is -2.24. The molecule has 2 aliphatic rings. The van der Waals surface area contributed by atoms with Crippen LogP contribution < -0.4 is 0 Å². The molecule has 3 rings (SSSR count). The zero-order valence-electron chi connectivity index (χ0n) is 21.5. The summed E-state index contributed by atoms with van der Waals surface area (Å²) in [6, 6.07) is 0. The van der Waals surface area contributed by atoms with Crippen LogP contribution in [0.5, 0.6) is 11.5 Å². The molecule has 1 aromatic carbocycles. The van der Waals surface area contributed by atoms with Gasteiger partial charge in [-0.2, -0.15) is 0 Å². The summed E-state index contributed by atoms with van der Waals surface area (Å²) >= 11 is 0. The third kappa shape index (κ3) is 5.38. The number of rotatable bonds is 6. The van der Waals surface area contributed by atoms with E-state index >= 15 is 0 Å². The lowest BCUT2D eigenvalue weighted by atomic mass is 9.83. The fourth-order valence-corrected chi connectivity index (χ4v) is 4.39. The third-order valence-electron chi connectivity index (χ3n) is 6.37. The summed E-state index contributed by atoms with van der Waals surface area (Å²) in [5.41, 5.74) is 4.87. The van der Waals surface area contributed by atoms with Crippen LogP contribution >= 0.6 is 0 Å². The number of ether oxygens (including phenoxy) is 1. The van der Waals surface area contributed by atoms with Crippen molar-refractivity contribution in [1.82, 2.24) is 0 Å². The van der Waals surface area contributed by atoms with E-state index in [9.17, 15) is 25.2 Å². The molecule has 1 aliphatic carbocycles. The van der Waals surface area contributed by atoms with Gasteiger partial charge in [-0.25, -0.2) is 0 Å². The molecule has 35 heavy (non-hydrogen) atoms. The molecule has 1 unspecified atom stereocenters. The minimum Gasteiger partial charge on any atom is -0.507 e. The number of phenolic OH excluding ortho intramolecular Hbond substituents is 2. The van der Waals surface area contributed by atoms with Crippen molar-refractivity contribution in [2.75, 3.05) is 0 Å². The highest BCUT2D eigenvalue weighted by molar-refractivity contribution is 6.14. The van der Waals surface area contributed by atoms with E-state index in [1.54, 1.807) is 0 Å². The summed E-state index contributed by atoms with van der Waals surface area (Å²) in [4.78, 5) is 14.0. The van der Waals surface area contributed by atoms with Crippen LogP contribution in [0.4, 0.5) is 0 Å². The number of allylic oxidation sites excluding steroid dienone is 7. The maximum atomic E-state index is 14.0. The Bertz CT molecular complexity index is 1190. The van der Waals surface area contributed by atoms with Crippen molar-refractivity contribution in [2.24, 2.45) is 0 Å². The quantitative estimate of drug-likeness (QED) is 0.293. The van der Waals surface area contributed by atoms with Gasteiger partial charge < -0.3 is 25.2 Å². The van der Waals surface area contributed by atoms with Gasteiger partial charge in [-0.15, -0.1) is 0 Å². The third-order valence-corrected chi connectivity index (χ3v) is 6.37. The Kier molecular flexibility index (Phi) is 7.96. The summed E-state index contributed by atoms with van der Waals surface area (Å²) in [7, 11) is 0. The predicted molar refractivity (Wildman–Crippen MR) is 137 cm³/mol. The molecule has 1 aromatic rings. The Hall–Kier alpha value is -3.25. The number of phenols is 2. The minimum absolute atomic E-state index is 0.0166. The summed E-state index contributed by atoms with van der Waals surface area (Å²) in [5, 5.41) is 43.8. The Balaban J connectivity index is 2.28. The number of benzene rings is 1. The fraction of sp³-hybridized carbons (Fsp3) is 0.414. The standard InChI is InChI=1S/C29H36O6/c1-15(2)7-10-18-21-14-35-23-13-22(30)19(11-8-16(3)4)26(31)25(23)29(34)24(21)20(12-9-17(5)6)28(33)27(18)32/h7-9,22,30-33H,10-14H2,1-6H3. The lowest BCUT2D eigenvalue weighted by molar-refractivity contribution is 0.100. The van der Waals surface area contributed by atoms with Gasteiger partial charge in [0.1, 0.15) is 23.7 Å². The van der Waals surface area contributed by atoms with Gasteiger partial charge in [0, 0.05) is 34.2 Å². The maximum Gasteiger partial charge on any atom is 0.201 e. The molecule has 188 valence electrons. The van der Waals surface area contributed by atoms with Crippen LogP contribution in [0.25, 0.3) is 0 Å². The fourth-order valence-electron chi connectivity index (χ4n) is 4.39. The van der Waals surface area contributed by atoms with Crippen LogP contribution in [0.1, 0.15) is 81.4 Å². The van der Waals surface area contributed by atoms with Gasteiger partial charge >= 0.3 is 0 Å². The molecule has 1 aliphatic heterocycles. The number of aromatic hydroxyl groups is 2. The van der Waals surface area contributed by atoms with Crippen molar-refractivity contribution in [3.63, 3.8) is 0 Å². The van der Waals surface area contributed by atoms with Crippen molar-refractivity contribution in [2.45, 2.75) is 79.9 Å². The highest BCUT2D eigenvalue weighted by Gasteiger charge is 2.38. The van der Waals surface area contributed by atoms with Crippen molar-refractivity contribution in [3.8, 4) is 11.5 Å². The van der Waals surface area contributed by atoms with Crippen LogP contribution in [0.2, 0.25) is 0 Å². The molecular formula is C29H36O6. The smallest absolute Gasteiger partial charge is 0.201 e. The average molecular weight is 481 g/mol. The van der Waals surface area contributed by atoms with E-state index in [1.165, 1.54) is 0 Å². The number of hydrogen-bond donors (Lipinski definition) is 4. The second-order valence-electron chi connectivity index (χ2n) is 9.97. The largest absolute Gasteiger partial charge is 0.507 e. The summed E-state index contributed by atoms with van der Waals surface area (Å²) in [6.07, 6.45) is 5.61. The van der Waals surface area contributed by atoms with Gasteiger partial charge in [0.05, 0.1) is 6.10 Å². The lowest BCUT2D eigenvalue weighted by Gasteiger charge is -2.25. The molecule has 6 heteroatoms. The van der Waals surface area contributed by atoms with E-state index in [-0.39, 0.29) is 53.6 Å². The van der Waals surface area contributed by atoms with Gasteiger partial charge in [-0.3, -0.25) is 4.79 Å². The van der Waals surface area contributed by atoms with Crippen LogP contribution in [0.15, 0.2) is 57.6 Å². The van der Waals surface area contributed by atoms with Crippen molar-refractivity contribution in [1.29, 1.82) is 0 Å². The first-order valence-electron chi connectivity index (χ1n) is 11.9. The highest BCUT2D eigenvalue weighted by Crippen LogP contribution is 2.45. The van der Waals surface area contributed by atoms with Crippen molar-refractivity contribution in [3.05, 3.63) is 79.9 Å². The number of aliphatic hydroxyl groups excluding tert-OH is 2. The topological polar surface area (TPSA) is 107 Å². The van der Waals surface area contributed by atoms with Crippen LogP contribution in [-0.4, -0.2) is 32.3 Å².